The van der Waals surface area contributed by atoms with E-state index in [-0.39, 0.29) is 63.2 Å². The number of aromatic nitrogens is 3. The summed E-state index contributed by atoms with van der Waals surface area (Å²) < 4.78 is 7.96. The molecule has 360 valence electrons. The highest BCUT2D eigenvalue weighted by Crippen LogP contribution is 2.40. The van der Waals surface area contributed by atoms with Gasteiger partial charge in [-0.15, -0.1) is 32.9 Å². The van der Waals surface area contributed by atoms with Gasteiger partial charge in [-0.3, -0.25) is 28.7 Å². The van der Waals surface area contributed by atoms with E-state index in [9.17, 15) is 24.3 Å². The normalized spacial score (nSPS) is 17.0. The van der Waals surface area contributed by atoms with Crippen molar-refractivity contribution in [2.24, 2.45) is 10.4 Å². The molecule has 0 unspecified atom stereocenters. The molecule has 3 aromatic carbocycles. The summed E-state index contributed by atoms with van der Waals surface area (Å²) in [7, 11) is 0. The Bertz CT molecular complexity index is 2880. The summed E-state index contributed by atoms with van der Waals surface area (Å²) in [5, 5.41) is 32.0. The lowest BCUT2D eigenvalue weighted by Crippen LogP contribution is -2.58. The number of thiophene rings is 2. The van der Waals surface area contributed by atoms with Crippen LogP contribution in [0.15, 0.2) is 89.2 Å². The molecule has 4 atom stereocenters. The first-order valence-corrected chi connectivity index (χ1v) is 25.1. The molecule has 14 nitrogen and oxygen atoms in total. The van der Waals surface area contributed by atoms with E-state index in [2.05, 4.69) is 58.4 Å². The molecule has 5 heterocycles. The van der Waals surface area contributed by atoms with E-state index in [0.717, 1.165) is 43.4 Å². The number of amides is 4. The van der Waals surface area contributed by atoms with Gasteiger partial charge in [0.05, 0.1) is 31.2 Å². The summed E-state index contributed by atoms with van der Waals surface area (Å²) in [6, 6.07) is 22.3. The molecule has 1 fully saturated rings. The molecule has 17 heteroatoms. The fourth-order valence-corrected chi connectivity index (χ4v) is 11.0. The minimum Gasteiger partial charge on any atom is -0.492 e. The molecular formula is C52H57ClN8O6S2. The number of nitrogens with one attached hydrogen (secondary N) is 3. The van der Waals surface area contributed by atoms with E-state index < -0.39 is 35.6 Å². The zero-order valence-corrected chi connectivity index (χ0v) is 42.1. The maximum Gasteiger partial charge on any atom is 0.246 e. The maximum absolute atomic E-state index is 14.2. The first-order valence-electron chi connectivity index (χ1n) is 23.0. The van der Waals surface area contributed by atoms with Crippen LogP contribution in [0.1, 0.15) is 89.6 Å². The zero-order valence-electron chi connectivity index (χ0n) is 39.8. The van der Waals surface area contributed by atoms with Crippen LogP contribution < -0.4 is 20.7 Å². The highest BCUT2D eigenvalue weighted by atomic mass is 35.5. The van der Waals surface area contributed by atoms with Gasteiger partial charge in [0.15, 0.2) is 5.82 Å². The predicted molar refractivity (Wildman–Crippen MR) is 270 cm³/mol. The first-order chi connectivity index (χ1) is 32.9. The SMILES string of the molecule is Cc1ccsc1-c1ccc(CNC(=O)[C@@H]2C[C@@H](O)CN2C(=O)[C@@H](NC(=O)Cc2ccc(OCCNC(=O)C[C@@H]3N=C(c4ccc(Cl)cc4)c4c(sc(C)c4C)-n4c(C)nnc43)cc2)C(C)(C)C)cc1. The average Bonchev–Trinajstić information content (AvgIpc) is 4.09. The number of benzene rings is 3. The second kappa shape index (κ2) is 20.8. The highest BCUT2D eigenvalue weighted by molar-refractivity contribution is 7.15. The van der Waals surface area contributed by atoms with Crippen LogP contribution >= 0.6 is 34.3 Å². The van der Waals surface area contributed by atoms with Gasteiger partial charge in [0.1, 0.15) is 41.3 Å². The molecule has 8 rings (SSSR count). The number of halogens is 1. The summed E-state index contributed by atoms with van der Waals surface area (Å²) in [5.41, 5.74) is 6.99. The summed E-state index contributed by atoms with van der Waals surface area (Å²) in [6.07, 6.45) is -0.734. The van der Waals surface area contributed by atoms with Crippen LogP contribution in [0.2, 0.25) is 5.02 Å². The lowest BCUT2D eigenvalue weighted by molar-refractivity contribution is -0.144. The van der Waals surface area contributed by atoms with Crippen LogP contribution in [0.25, 0.3) is 15.4 Å². The van der Waals surface area contributed by atoms with E-state index in [1.165, 1.54) is 15.3 Å². The largest absolute Gasteiger partial charge is 0.492 e. The zero-order chi connectivity index (χ0) is 49.1. The number of hydrogen-bond donors (Lipinski definition) is 4. The van der Waals surface area contributed by atoms with Gasteiger partial charge in [0.25, 0.3) is 0 Å². The van der Waals surface area contributed by atoms with Crippen molar-refractivity contribution in [3.05, 3.63) is 139 Å². The molecule has 0 saturated carbocycles. The number of likely N-dealkylation sites (tertiary alicyclic amines) is 1. The van der Waals surface area contributed by atoms with E-state index in [1.54, 1.807) is 46.9 Å². The molecule has 0 spiro atoms. The van der Waals surface area contributed by atoms with Crippen LogP contribution in [0, 0.1) is 33.1 Å². The van der Waals surface area contributed by atoms with Gasteiger partial charge < -0.3 is 30.7 Å². The Morgan fingerprint density at radius 2 is 1.58 bits per heavy atom. The highest BCUT2D eigenvalue weighted by Gasteiger charge is 2.44. The Hall–Kier alpha value is -6.20. The molecule has 2 aliphatic rings. The number of ether oxygens (including phenoxy) is 1. The number of hydrogen-bond acceptors (Lipinski definition) is 11. The number of aliphatic hydroxyl groups excluding tert-OH is 1. The Kier molecular flexibility index (Phi) is 14.8. The van der Waals surface area contributed by atoms with Crippen molar-refractivity contribution in [1.82, 2.24) is 35.6 Å². The van der Waals surface area contributed by atoms with Gasteiger partial charge in [0.2, 0.25) is 23.6 Å². The molecule has 6 aromatic rings. The average molecular weight is 990 g/mol. The van der Waals surface area contributed by atoms with Gasteiger partial charge in [-0.1, -0.05) is 80.9 Å². The fraction of sp³-hybridized carbons (Fsp3) is 0.365. The van der Waals surface area contributed by atoms with Crippen LogP contribution in [0.3, 0.4) is 0 Å². The van der Waals surface area contributed by atoms with E-state index in [0.29, 0.717) is 28.0 Å². The number of carbonyl (C=O) groups excluding carboxylic acids is 4. The number of rotatable bonds is 15. The van der Waals surface area contributed by atoms with Gasteiger partial charge in [-0.2, -0.15) is 0 Å². The Morgan fingerprint density at radius 1 is 0.884 bits per heavy atom. The van der Waals surface area contributed by atoms with E-state index >= 15 is 0 Å². The molecular weight excluding hydrogens is 932 g/mol. The van der Waals surface area contributed by atoms with E-state index in [1.807, 2.05) is 80.8 Å². The predicted octanol–water partition coefficient (Wildman–Crippen LogP) is 7.77. The third-order valence-electron chi connectivity index (χ3n) is 12.5. The number of aliphatic hydroxyl groups is 1. The molecule has 0 radical (unpaired) electrons. The Labute approximate surface area is 415 Å². The number of fused-ring (bicyclic) bond motifs is 3. The summed E-state index contributed by atoms with van der Waals surface area (Å²) in [5.74, 6) is 0.488. The van der Waals surface area contributed by atoms with Crippen LogP contribution in [0.4, 0.5) is 0 Å². The second-order valence-electron chi connectivity index (χ2n) is 18.7. The maximum atomic E-state index is 14.2. The number of aryl methyl sites for hydroxylation is 3. The third-order valence-corrected chi connectivity index (χ3v) is 15.1. The fourth-order valence-electron chi connectivity index (χ4n) is 8.71. The molecule has 4 amide bonds. The summed E-state index contributed by atoms with van der Waals surface area (Å²) in [4.78, 5) is 63.6. The summed E-state index contributed by atoms with van der Waals surface area (Å²) >= 11 is 9.58. The molecule has 3 aromatic heterocycles. The molecule has 2 aliphatic heterocycles. The van der Waals surface area contributed by atoms with Crippen LogP contribution in [-0.4, -0.2) is 92.0 Å². The molecule has 1 saturated heterocycles. The van der Waals surface area contributed by atoms with Gasteiger partial charge in [-0.05, 0) is 96.6 Å². The quantitative estimate of drug-likeness (QED) is 0.0754. The van der Waals surface area contributed by atoms with Gasteiger partial charge in [0, 0.05) is 45.4 Å². The van der Waals surface area contributed by atoms with Crippen LogP contribution in [-0.2, 0) is 32.1 Å². The number of carbonyl (C=O) groups is 4. The molecule has 69 heavy (non-hydrogen) atoms. The number of nitrogens with zero attached hydrogens (tertiary/aromatic N) is 5. The molecule has 0 bridgehead atoms. The minimum atomic E-state index is -0.957. The number of aliphatic imine (C=N–C) groups is 1. The minimum absolute atomic E-state index is 0.00307. The lowest BCUT2D eigenvalue weighted by Gasteiger charge is -2.35. The topological polar surface area (TPSA) is 180 Å². The van der Waals surface area contributed by atoms with Crippen molar-refractivity contribution >= 4 is 63.6 Å². The smallest absolute Gasteiger partial charge is 0.246 e. The second-order valence-corrected chi connectivity index (χ2v) is 21.3. The van der Waals surface area contributed by atoms with Crippen molar-refractivity contribution in [2.75, 3.05) is 19.7 Å². The van der Waals surface area contributed by atoms with Crippen molar-refractivity contribution in [1.29, 1.82) is 0 Å². The monoisotopic (exact) mass is 988 g/mol. The van der Waals surface area contributed by atoms with Gasteiger partial charge in [-0.25, -0.2) is 0 Å². The Balaban J connectivity index is 0.829. The molecule has 0 aliphatic carbocycles. The summed E-state index contributed by atoms with van der Waals surface area (Å²) in [6.45, 7) is 14.4. The third kappa shape index (κ3) is 11.1. The van der Waals surface area contributed by atoms with Crippen molar-refractivity contribution < 1.29 is 29.0 Å². The van der Waals surface area contributed by atoms with Crippen molar-refractivity contribution in [3.63, 3.8) is 0 Å². The number of β-amino-alcohol motifs (C(OH)–C–C–N with tert-alkyl or cyclic N) is 1. The first kappa shape index (κ1) is 49.2. The molecule has 4 N–H and O–H groups in total. The van der Waals surface area contributed by atoms with E-state index in [4.69, 9.17) is 21.3 Å². The Morgan fingerprint density at radius 3 is 2.26 bits per heavy atom. The van der Waals surface area contributed by atoms with Crippen LogP contribution in [0.5, 0.6) is 5.75 Å². The van der Waals surface area contributed by atoms with Crippen molar-refractivity contribution in [2.45, 2.75) is 98.5 Å². The standard InChI is InChI=1S/C52H57ClN8O6S2/c1-29-20-23-68-46(29)36-12-8-34(9-13-36)27-55-49(65)41-25-38(62)28-60(41)50(66)47(52(5,6)7)57-43(64)24-33-10-18-39(19-11-33)67-22-21-54-42(63)26-40-48-59-58-32(4)61(48)51-44(30(2)31(3)69-51)45(56-40)35-14-16-37(53)17-15-35/h8-20,23,38,40-41,47,62H,21-22,24-28H2,1-7H3,(H,54,63)(H,55,65)(H,57,64)/t38-,40+,41+,47-/m1/s1. The lowest BCUT2D eigenvalue weighted by atomic mass is 9.85. The van der Waals surface area contributed by atoms with Gasteiger partial charge >= 0.3 is 0 Å². The van der Waals surface area contributed by atoms with Crippen molar-refractivity contribution in [3.8, 4) is 21.2 Å².